The van der Waals surface area contributed by atoms with E-state index in [1.807, 2.05) is 6.92 Å². The molecule has 2 aromatic heterocycles. The Morgan fingerprint density at radius 3 is 2.68 bits per heavy atom. The third-order valence-electron chi connectivity index (χ3n) is 5.34. The summed E-state index contributed by atoms with van der Waals surface area (Å²) in [6, 6.07) is 10.9. The van der Waals surface area contributed by atoms with Crippen LogP contribution in [0.25, 0.3) is 0 Å². The number of ketones is 1. The van der Waals surface area contributed by atoms with E-state index in [4.69, 9.17) is 13.9 Å². The molecule has 1 atom stereocenters. The number of Topliss-reactive ketones (excluding diaryl/α,β-unsaturated/α-hetero) is 1. The van der Waals surface area contributed by atoms with Crippen LogP contribution in [0.5, 0.6) is 11.5 Å². The van der Waals surface area contributed by atoms with Crippen molar-refractivity contribution in [3.05, 3.63) is 102 Å². The maximum absolute atomic E-state index is 13.3. The van der Waals surface area contributed by atoms with Crippen molar-refractivity contribution in [2.24, 2.45) is 0 Å². The molecule has 1 aliphatic heterocycles. The van der Waals surface area contributed by atoms with Crippen molar-refractivity contribution in [2.75, 3.05) is 13.2 Å². The molecule has 0 spiro atoms. The number of carbonyl (C=O) groups excluding carboxylic acids is 2. The van der Waals surface area contributed by atoms with Crippen molar-refractivity contribution in [1.29, 1.82) is 0 Å². The van der Waals surface area contributed by atoms with Crippen LogP contribution < -0.4 is 9.47 Å². The van der Waals surface area contributed by atoms with Gasteiger partial charge in [0.2, 0.25) is 5.78 Å². The second-order valence-corrected chi connectivity index (χ2v) is 7.50. The summed E-state index contributed by atoms with van der Waals surface area (Å²) < 4.78 is 16.7. The van der Waals surface area contributed by atoms with Crippen LogP contribution in [0.15, 0.2) is 89.5 Å². The first-order valence-electron chi connectivity index (χ1n) is 10.8. The van der Waals surface area contributed by atoms with Gasteiger partial charge in [-0.2, -0.15) is 0 Å². The molecular weight excluding hydrogens is 436 g/mol. The summed E-state index contributed by atoms with van der Waals surface area (Å²) in [5, 5.41) is 10.8. The molecule has 0 saturated heterocycles. The van der Waals surface area contributed by atoms with Gasteiger partial charge in [-0.1, -0.05) is 18.7 Å². The van der Waals surface area contributed by atoms with E-state index in [0.29, 0.717) is 30.3 Å². The molecule has 8 nitrogen and oxygen atoms in total. The van der Waals surface area contributed by atoms with Gasteiger partial charge in [-0.05, 0) is 54.4 Å². The fraction of sp³-hybridized carbons (Fsp3) is 0.192. The zero-order valence-corrected chi connectivity index (χ0v) is 18.6. The van der Waals surface area contributed by atoms with Gasteiger partial charge in [0.25, 0.3) is 5.91 Å². The lowest BCUT2D eigenvalue weighted by atomic mass is 9.94. The summed E-state index contributed by atoms with van der Waals surface area (Å²) >= 11 is 0. The third-order valence-corrected chi connectivity index (χ3v) is 5.34. The van der Waals surface area contributed by atoms with Crippen LogP contribution in [0.1, 0.15) is 34.6 Å². The molecule has 1 N–H and O–H groups in total. The zero-order valence-electron chi connectivity index (χ0n) is 18.6. The Labute approximate surface area is 196 Å². The molecular formula is C26H24N2O6. The Morgan fingerprint density at radius 1 is 1.21 bits per heavy atom. The highest BCUT2D eigenvalue weighted by Crippen LogP contribution is 2.42. The molecule has 0 radical (unpaired) electrons. The van der Waals surface area contributed by atoms with Crippen molar-refractivity contribution in [3.8, 4) is 11.5 Å². The van der Waals surface area contributed by atoms with Gasteiger partial charge in [0.05, 0.1) is 24.5 Å². The average molecular weight is 460 g/mol. The number of benzene rings is 1. The number of aromatic nitrogens is 1. The first kappa shape index (κ1) is 22.8. The number of nitrogens with zero attached hydrogens (tertiary/aromatic N) is 2. The first-order valence-corrected chi connectivity index (χ1v) is 10.8. The fourth-order valence-corrected chi connectivity index (χ4v) is 3.85. The van der Waals surface area contributed by atoms with Crippen molar-refractivity contribution in [1.82, 2.24) is 9.88 Å². The van der Waals surface area contributed by atoms with Crippen molar-refractivity contribution >= 4 is 11.7 Å². The van der Waals surface area contributed by atoms with Crippen molar-refractivity contribution in [3.63, 3.8) is 0 Å². The van der Waals surface area contributed by atoms with E-state index in [1.54, 1.807) is 54.9 Å². The fourth-order valence-electron chi connectivity index (χ4n) is 3.85. The third kappa shape index (κ3) is 4.43. The molecule has 3 heterocycles. The number of hydrogen-bond donors (Lipinski definition) is 1. The second kappa shape index (κ2) is 10.1. The number of rotatable bonds is 10. The largest absolute Gasteiger partial charge is 0.503 e. The van der Waals surface area contributed by atoms with Gasteiger partial charge < -0.3 is 23.9 Å². The van der Waals surface area contributed by atoms with Crippen LogP contribution in [0, 0.1) is 0 Å². The molecule has 1 amide bonds. The quantitative estimate of drug-likeness (QED) is 0.353. The van der Waals surface area contributed by atoms with Crippen LogP contribution in [0.2, 0.25) is 0 Å². The minimum atomic E-state index is -0.870. The summed E-state index contributed by atoms with van der Waals surface area (Å²) in [6.07, 6.45) is 6.22. The molecule has 1 aromatic carbocycles. The van der Waals surface area contributed by atoms with Crippen molar-refractivity contribution in [2.45, 2.75) is 19.5 Å². The van der Waals surface area contributed by atoms with E-state index in [2.05, 4.69) is 11.6 Å². The van der Waals surface area contributed by atoms with Crippen molar-refractivity contribution < 1.29 is 28.6 Å². The lowest BCUT2D eigenvalue weighted by molar-refractivity contribution is -0.130. The lowest BCUT2D eigenvalue weighted by Gasteiger charge is -2.27. The van der Waals surface area contributed by atoms with Gasteiger partial charge in [0.15, 0.2) is 23.0 Å². The van der Waals surface area contributed by atoms with Gasteiger partial charge in [-0.3, -0.25) is 14.6 Å². The van der Waals surface area contributed by atoms with Crippen LogP contribution in [0.4, 0.5) is 0 Å². The standard InChI is InChI=1S/C26H24N2O6/c1-3-13-33-19-8-7-18(15-21(19)32-4-2)23-22(24(29)20-6-5-14-34-20)25(30)26(31)28(23)16-17-9-11-27-12-10-17/h3,5-12,14-15,23,30H,1,4,13,16H2,2H3. The number of ether oxygens (including phenoxy) is 2. The van der Waals surface area contributed by atoms with Gasteiger partial charge in [0, 0.05) is 18.9 Å². The Balaban J connectivity index is 1.80. The number of furan rings is 1. The summed E-state index contributed by atoms with van der Waals surface area (Å²) in [4.78, 5) is 31.9. The summed E-state index contributed by atoms with van der Waals surface area (Å²) in [5.41, 5.74) is 1.32. The summed E-state index contributed by atoms with van der Waals surface area (Å²) in [5.74, 6) is -0.840. The molecule has 0 aliphatic carbocycles. The topological polar surface area (TPSA) is 102 Å². The number of aliphatic hydroxyl groups is 1. The van der Waals surface area contributed by atoms with Gasteiger partial charge in [-0.25, -0.2) is 0 Å². The lowest BCUT2D eigenvalue weighted by Crippen LogP contribution is -2.30. The molecule has 174 valence electrons. The second-order valence-electron chi connectivity index (χ2n) is 7.50. The molecule has 3 aromatic rings. The van der Waals surface area contributed by atoms with Crippen LogP contribution >= 0.6 is 0 Å². The van der Waals surface area contributed by atoms with E-state index in [0.717, 1.165) is 5.56 Å². The predicted molar refractivity (Wildman–Crippen MR) is 124 cm³/mol. The molecule has 1 unspecified atom stereocenters. The Hall–Kier alpha value is -4.33. The highest BCUT2D eigenvalue weighted by atomic mass is 16.5. The van der Waals surface area contributed by atoms with E-state index in [9.17, 15) is 14.7 Å². The highest BCUT2D eigenvalue weighted by Gasteiger charge is 2.44. The molecule has 34 heavy (non-hydrogen) atoms. The molecule has 1 aliphatic rings. The van der Waals surface area contributed by atoms with Gasteiger partial charge in [0.1, 0.15) is 6.61 Å². The maximum Gasteiger partial charge on any atom is 0.290 e. The van der Waals surface area contributed by atoms with E-state index in [-0.39, 0.29) is 17.9 Å². The number of amides is 1. The molecule has 8 heteroatoms. The Morgan fingerprint density at radius 2 is 2.00 bits per heavy atom. The van der Waals surface area contributed by atoms with E-state index in [1.165, 1.54) is 17.2 Å². The maximum atomic E-state index is 13.3. The monoisotopic (exact) mass is 460 g/mol. The summed E-state index contributed by atoms with van der Waals surface area (Å²) in [6.45, 7) is 6.33. The summed E-state index contributed by atoms with van der Waals surface area (Å²) in [7, 11) is 0. The van der Waals surface area contributed by atoms with Crippen LogP contribution in [-0.4, -0.2) is 39.9 Å². The highest BCUT2D eigenvalue weighted by molar-refractivity contribution is 6.15. The Kier molecular flexibility index (Phi) is 6.77. The smallest absolute Gasteiger partial charge is 0.290 e. The number of carbonyl (C=O) groups is 2. The number of aliphatic hydroxyl groups excluding tert-OH is 1. The Bertz CT molecular complexity index is 1220. The van der Waals surface area contributed by atoms with Crippen LogP contribution in [-0.2, 0) is 11.3 Å². The number of hydrogen-bond acceptors (Lipinski definition) is 7. The molecule has 0 saturated carbocycles. The normalized spacial score (nSPS) is 15.5. The first-order chi connectivity index (χ1) is 16.5. The SMILES string of the molecule is C=CCOc1ccc(C2C(C(=O)c3ccco3)=C(O)C(=O)N2Cc2ccncc2)cc1OCC. The average Bonchev–Trinajstić information content (AvgIpc) is 3.47. The predicted octanol–water partition coefficient (Wildman–Crippen LogP) is 4.42. The zero-order chi connectivity index (χ0) is 24.1. The minimum Gasteiger partial charge on any atom is -0.503 e. The van der Waals surface area contributed by atoms with Gasteiger partial charge >= 0.3 is 0 Å². The minimum absolute atomic E-state index is 0.0288. The molecule has 4 rings (SSSR count). The molecule has 0 bridgehead atoms. The van der Waals surface area contributed by atoms with Gasteiger partial charge in [-0.15, -0.1) is 0 Å². The number of pyridine rings is 1. The van der Waals surface area contributed by atoms with E-state index < -0.39 is 23.5 Å². The molecule has 0 fully saturated rings. The van der Waals surface area contributed by atoms with E-state index >= 15 is 0 Å². The van der Waals surface area contributed by atoms with Crippen LogP contribution in [0.3, 0.4) is 0 Å².